The molecule has 0 saturated carbocycles. The van der Waals surface area contributed by atoms with Crippen molar-refractivity contribution in [2.45, 2.75) is 19.8 Å². The monoisotopic (exact) mass is 331 g/mol. The second kappa shape index (κ2) is 6.87. The van der Waals surface area contributed by atoms with Gasteiger partial charge in [-0.3, -0.25) is 9.78 Å². The minimum atomic E-state index is -0.505. The topological polar surface area (TPSA) is 72.4 Å². The van der Waals surface area contributed by atoms with Crippen molar-refractivity contribution in [2.75, 3.05) is 19.7 Å². The fraction of sp³-hybridized carbons (Fsp3) is 0.375. The first-order chi connectivity index (χ1) is 11.1. The molecule has 0 bridgehead atoms. The maximum atomic E-state index is 12.2. The van der Waals surface area contributed by atoms with Crippen LogP contribution >= 0.6 is 11.3 Å². The van der Waals surface area contributed by atoms with Crippen LogP contribution in [0.3, 0.4) is 0 Å². The second-order valence-electron chi connectivity index (χ2n) is 5.31. The summed E-state index contributed by atoms with van der Waals surface area (Å²) in [4.78, 5) is 34.8. The molecule has 1 aliphatic rings. The van der Waals surface area contributed by atoms with E-state index in [0.29, 0.717) is 21.3 Å². The number of ether oxygens (including phenoxy) is 1. The van der Waals surface area contributed by atoms with Crippen LogP contribution in [-0.4, -0.2) is 46.4 Å². The number of aryl methyl sites for hydroxylation is 1. The van der Waals surface area contributed by atoms with Gasteiger partial charge in [-0.05, 0) is 31.9 Å². The molecule has 0 spiro atoms. The number of aromatic nitrogens is 2. The van der Waals surface area contributed by atoms with Crippen LogP contribution in [0.15, 0.2) is 24.4 Å². The Kier molecular flexibility index (Phi) is 4.66. The number of hydrogen-bond donors (Lipinski definition) is 0. The SMILES string of the molecule is Cc1nc(-c2ccccn2)sc1C(=O)OCC(=O)N1CCCC1. The van der Waals surface area contributed by atoms with Crippen molar-refractivity contribution >= 4 is 23.2 Å². The molecule has 0 atom stereocenters. The lowest BCUT2D eigenvalue weighted by Gasteiger charge is -2.14. The Morgan fingerprint density at radius 2 is 2.09 bits per heavy atom. The first kappa shape index (κ1) is 15.6. The maximum absolute atomic E-state index is 12.2. The van der Waals surface area contributed by atoms with Gasteiger partial charge >= 0.3 is 5.97 Å². The Bertz CT molecular complexity index is 709. The summed E-state index contributed by atoms with van der Waals surface area (Å²) in [5, 5.41) is 0.668. The van der Waals surface area contributed by atoms with Gasteiger partial charge in [-0.1, -0.05) is 6.07 Å². The molecule has 3 rings (SSSR count). The van der Waals surface area contributed by atoms with E-state index in [4.69, 9.17) is 4.74 Å². The highest BCUT2D eigenvalue weighted by atomic mass is 32.1. The Morgan fingerprint density at radius 1 is 1.30 bits per heavy atom. The van der Waals surface area contributed by atoms with E-state index in [-0.39, 0.29) is 12.5 Å². The van der Waals surface area contributed by atoms with Gasteiger partial charge in [0, 0.05) is 19.3 Å². The van der Waals surface area contributed by atoms with Gasteiger partial charge in [0.25, 0.3) is 5.91 Å². The molecule has 120 valence electrons. The highest BCUT2D eigenvalue weighted by molar-refractivity contribution is 7.17. The van der Waals surface area contributed by atoms with E-state index >= 15 is 0 Å². The van der Waals surface area contributed by atoms with Gasteiger partial charge in [0.1, 0.15) is 9.88 Å². The number of pyridine rings is 1. The molecule has 1 amide bonds. The van der Waals surface area contributed by atoms with Crippen LogP contribution in [-0.2, 0) is 9.53 Å². The van der Waals surface area contributed by atoms with Gasteiger partial charge in [-0.25, -0.2) is 9.78 Å². The third kappa shape index (κ3) is 3.56. The molecule has 2 aromatic heterocycles. The zero-order valence-electron chi connectivity index (χ0n) is 12.8. The normalized spacial score (nSPS) is 14.0. The first-order valence-electron chi connectivity index (χ1n) is 7.49. The van der Waals surface area contributed by atoms with Crippen molar-refractivity contribution in [2.24, 2.45) is 0 Å². The first-order valence-corrected chi connectivity index (χ1v) is 8.30. The fourth-order valence-electron chi connectivity index (χ4n) is 2.44. The average Bonchev–Trinajstić information content (AvgIpc) is 3.23. The van der Waals surface area contributed by atoms with Crippen LogP contribution in [0.1, 0.15) is 28.2 Å². The number of hydrogen-bond acceptors (Lipinski definition) is 6. The van der Waals surface area contributed by atoms with Gasteiger partial charge in [0.15, 0.2) is 6.61 Å². The summed E-state index contributed by atoms with van der Waals surface area (Å²) in [6.07, 6.45) is 3.71. The van der Waals surface area contributed by atoms with Gasteiger partial charge in [-0.15, -0.1) is 11.3 Å². The van der Waals surface area contributed by atoms with Crippen molar-refractivity contribution in [3.8, 4) is 10.7 Å². The summed E-state index contributed by atoms with van der Waals surface area (Å²) in [5.41, 5.74) is 1.31. The lowest BCUT2D eigenvalue weighted by Crippen LogP contribution is -2.32. The fourth-order valence-corrected chi connectivity index (χ4v) is 3.37. The summed E-state index contributed by atoms with van der Waals surface area (Å²) >= 11 is 1.23. The molecule has 7 heteroatoms. The predicted molar refractivity (Wildman–Crippen MR) is 86.2 cm³/mol. The van der Waals surface area contributed by atoms with Gasteiger partial charge in [-0.2, -0.15) is 0 Å². The lowest BCUT2D eigenvalue weighted by molar-refractivity contribution is -0.133. The van der Waals surface area contributed by atoms with Gasteiger partial charge in [0.05, 0.1) is 11.4 Å². The standard InChI is InChI=1S/C16H17N3O3S/c1-11-14(23-15(18-11)12-6-2-3-7-17-12)16(21)22-10-13(20)19-8-4-5-9-19/h2-3,6-7H,4-5,8-10H2,1H3. The zero-order chi connectivity index (χ0) is 16.2. The molecule has 0 aliphatic carbocycles. The van der Waals surface area contributed by atoms with Crippen LogP contribution in [0.4, 0.5) is 0 Å². The molecule has 6 nitrogen and oxygen atoms in total. The largest absolute Gasteiger partial charge is 0.451 e. The van der Waals surface area contributed by atoms with E-state index in [9.17, 15) is 9.59 Å². The number of amides is 1. The second-order valence-corrected chi connectivity index (χ2v) is 6.31. The third-order valence-corrected chi connectivity index (χ3v) is 4.81. The van der Waals surface area contributed by atoms with Gasteiger partial charge < -0.3 is 9.64 Å². The molecule has 0 aromatic carbocycles. The van der Waals surface area contributed by atoms with Crippen molar-refractivity contribution in [3.05, 3.63) is 35.0 Å². The molecule has 23 heavy (non-hydrogen) atoms. The summed E-state index contributed by atoms with van der Waals surface area (Å²) in [6, 6.07) is 5.53. The molecular formula is C16H17N3O3S. The molecular weight excluding hydrogens is 314 g/mol. The van der Waals surface area contributed by atoms with Crippen LogP contribution in [0, 0.1) is 6.92 Å². The molecule has 0 unspecified atom stereocenters. The number of likely N-dealkylation sites (tertiary alicyclic amines) is 1. The van der Waals surface area contributed by atoms with E-state index in [1.807, 2.05) is 18.2 Å². The Balaban J connectivity index is 1.65. The van der Waals surface area contributed by atoms with E-state index in [0.717, 1.165) is 25.9 Å². The zero-order valence-corrected chi connectivity index (χ0v) is 13.6. The summed E-state index contributed by atoms with van der Waals surface area (Å²) in [7, 11) is 0. The third-order valence-electron chi connectivity index (χ3n) is 3.65. The minimum absolute atomic E-state index is 0.136. The number of carbonyl (C=O) groups is 2. The van der Waals surface area contributed by atoms with Gasteiger partial charge in [0.2, 0.25) is 0 Å². The van der Waals surface area contributed by atoms with E-state index in [1.165, 1.54) is 11.3 Å². The molecule has 0 radical (unpaired) electrons. The molecule has 1 fully saturated rings. The number of rotatable bonds is 4. The van der Waals surface area contributed by atoms with Crippen molar-refractivity contribution in [3.63, 3.8) is 0 Å². The Hall–Kier alpha value is -2.28. The number of nitrogens with zero attached hydrogens (tertiary/aromatic N) is 3. The smallest absolute Gasteiger partial charge is 0.350 e. The van der Waals surface area contributed by atoms with Crippen molar-refractivity contribution in [1.82, 2.24) is 14.9 Å². The van der Waals surface area contributed by atoms with Crippen LogP contribution in [0.2, 0.25) is 0 Å². The quantitative estimate of drug-likeness (QED) is 0.804. The van der Waals surface area contributed by atoms with Crippen molar-refractivity contribution in [1.29, 1.82) is 0 Å². The van der Waals surface area contributed by atoms with E-state index in [1.54, 1.807) is 18.0 Å². The van der Waals surface area contributed by atoms with Crippen LogP contribution in [0.5, 0.6) is 0 Å². The molecule has 0 N–H and O–H groups in total. The molecule has 2 aromatic rings. The van der Waals surface area contributed by atoms with Crippen molar-refractivity contribution < 1.29 is 14.3 Å². The number of esters is 1. The predicted octanol–water partition coefficient (Wildman–Crippen LogP) is 2.29. The minimum Gasteiger partial charge on any atom is -0.451 e. The van der Waals surface area contributed by atoms with Crippen LogP contribution < -0.4 is 0 Å². The van der Waals surface area contributed by atoms with E-state index < -0.39 is 5.97 Å². The number of thiazole rings is 1. The lowest BCUT2D eigenvalue weighted by atomic mass is 10.3. The highest BCUT2D eigenvalue weighted by Gasteiger charge is 2.22. The maximum Gasteiger partial charge on any atom is 0.350 e. The molecule has 1 aliphatic heterocycles. The summed E-state index contributed by atoms with van der Waals surface area (Å²) in [5.74, 6) is -0.641. The Morgan fingerprint density at radius 3 is 2.78 bits per heavy atom. The number of carbonyl (C=O) groups excluding carboxylic acids is 2. The molecule has 1 saturated heterocycles. The average molecular weight is 331 g/mol. The summed E-state index contributed by atoms with van der Waals surface area (Å²) < 4.78 is 5.15. The Labute approximate surface area is 138 Å². The molecule has 3 heterocycles. The summed E-state index contributed by atoms with van der Waals surface area (Å²) in [6.45, 7) is 3.04. The van der Waals surface area contributed by atoms with Crippen LogP contribution in [0.25, 0.3) is 10.7 Å². The highest BCUT2D eigenvalue weighted by Crippen LogP contribution is 2.26. The van der Waals surface area contributed by atoms with E-state index in [2.05, 4.69) is 9.97 Å².